The number of nitrogens with zero attached hydrogens (tertiary/aromatic N) is 7. The van der Waals surface area contributed by atoms with Crippen molar-refractivity contribution >= 4 is 23.4 Å². The molecule has 154 valence electrons. The maximum atomic E-state index is 9.68. The molecule has 0 amide bonds. The van der Waals surface area contributed by atoms with E-state index in [0.717, 1.165) is 11.1 Å². The Morgan fingerprint density at radius 1 is 1.00 bits per heavy atom. The highest BCUT2D eigenvalue weighted by atomic mass is 15.4. The third kappa shape index (κ3) is 3.26. The Hall–Kier alpha value is -4.84. The van der Waals surface area contributed by atoms with Crippen molar-refractivity contribution in [3.63, 3.8) is 0 Å². The van der Waals surface area contributed by atoms with Crippen molar-refractivity contribution in [2.75, 3.05) is 11.1 Å². The Labute approximate surface area is 183 Å². The van der Waals surface area contributed by atoms with E-state index < -0.39 is 0 Å². The highest BCUT2D eigenvalue weighted by molar-refractivity contribution is 5.93. The number of pyridine rings is 2. The monoisotopic (exact) mass is 419 g/mol. The van der Waals surface area contributed by atoms with Gasteiger partial charge in [0.15, 0.2) is 5.65 Å². The summed E-state index contributed by atoms with van der Waals surface area (Å²) in [5.74, 6) is 1.09. The fraction of sp³-hybridized carbons (Fsp3) is 0.0435. The van der Waals surface area contributed by atoms with Crippen molar-refractivity contribution in [1.29, 1.82) is 5.26 Å². The minimum Gasteiger partial charge on any atom is -0.368 e. The van der Waals surface area contributed by atoms with E-state index in [1.165, 1.54) is 4.52 Å². The Bertz CT molecular complexity index is 1480. The zero-order valence-electron chi connectivity index (χ0n) is 17.1. The number of aryl methyl sites for hydroxylation is 1. The molecule has 9 heteroatoms. The summed E-state index contributed by atoms with van der Waals surface area (Å²) in [6, 6.07) is 16.9. The Kier molecular flexibility index (Phi) is 4.65. The van der Waals surface area contributed by atoms with Crippen molar-refractivity contribution in [2.45, 2.75) is 6.92 Å². The van der Waals surface area contributed by atoms with Crippen LogP contribution in [0.25, 0.3) is 28.0 Å². The second-order valence-corrected chi connectivity index (χ2v) is 7.05. The first-order valence-corrected chi connectivity index (χ1v) is 9.80. The van der Waals surface area contributed by atoms with Gasteiger partial charge in [-0.3, -0.25) is 4.98 Å². The highest BCUT2D eigenvalue weighted by Gasteiger charge is 2.22. The van der Waals surface area contributed by atoms with Gasteiger partial charge in [0.2, 0.25) is 11.9 Å². The molecule has 5 rings (SSSR count). The van der Waals surface area contributed by atoms with Crippen LogP contribution in [0.4, 0.5) is 17.7 Å². The molecule has 3 N–H and O–H groups in total. The first-order valence-electron chi connectivity index (χ1n) is 9.80. The molecule has 0 fully saturated rings. The third-order valence-electron chi connectivity index (χ3n) is 5.01. The van der Waals surface area contributed by atoms with Gasteiger partial charge in [0, 0.05) is 24.2 Å². The maximum Gasteiger partial charge on any atom is 0.248 e. The lowest BCUT2D eigenvalue weighted by atomic mass is 9.95. The first-order chi connectivity index (χ1) is 15.7. The van der Waals surface area contributed by atoms with Gasteiger partial charge >= 0.3 is 0 Å². The zero-order valence-corrected chi connectivity index (χ0v) is 17.1. The number of anilines is 3. The standard InChI is InChI=1S/C23H17N9/c1-14-13-26-11-9-16(14)19-20(17-7-3-2-6-15(17)12-24)29-22(25)32-21(19)30-23(31-32)28-18-8-4-5-10-27-18/h2-11,13H,1H3,(H2,25,29)(H,27,28,31). The summed E-state index contributed by atoms with van der Waals surface area (Å²) in [6.45, 7) is 1.96. The summed E-state index contributed by atoms with van der Waals surface area (Å²) in [6.07, 6.45) is 5.15. The molecule has 1 aromatic carbocycles. The molecule has 0 saturated carbocycles. The van der Waals surface area contributed by atoms with E-state index in [0.29, 0.717) is 39.8 Å². The average Bonchev–Trinajstić information content (AvgIpc) is 3.24. The predicted octanol–water partition coefficient (Wildman–Crippen LogP) is 3.75. The van der Waals surface area contributed by atoms with Crippen LogP contribution in [0.2, 0.25) is 0 Å². The fourth-order valence-corrected chi connectivity index (χ4v) is 3.55. The molecule has 0 atom stereocenters. The lowest BCUT2D eigenvalue weighted by Gasteiger charge is -2.14. The molecular formula is C23H17N9. The number of nitrogens with one attached hydrogen (secondary N) is 1. The van der Waals surface area contributed by atoms with Gasteiger partial charge in [-0.2, -0.15) is 14.8 Å². The van der Waals surface area contributed by atoms with Crippen molar-refractivity contribution in [3.8, 4) is 28.5 Å². The second kappa shape index (κ2) is 7.77. The average molecular weight is 419 g/mol. The minimum absolute atomic E-state index is 0.153. The van der Waals surface area contributed by atoms with Crippen LogP contribution in [0, 0.1) is 18.3 Å². The van der Waals surface area contributed by atoms with E-state index >= 15 is 0 Å². The number of benzene rings is 1. The van der Waals surface area contributed by atoms with Gasteiger partial charge < -0.3 is 11.1 Å². The summed E-state index contributed by atoms with van der Waals surface area (Å²) in [4.78, 5) is 17.8. The highest BCUT2D eigenvalue weighted by Crippen LogP contribution is 2.37. The first kappa shape index (κ1) is 19.1. The molecule has 4 heterocycles. The normalized spacial score (nSPS) is 10.8. The van der Waals surface area contributed by atoms with Crippen LogP contribution in [-0.4, -0.2) is 29.5 Å². The van der Waals surface area contributed by atoms with E-state index in [1.54, 1.807) is 24.7 Å². The van der Waals surface area contributed by atoms with E-state index in [1.807, 2.05) is 49.4 Å². The number of rotatable bonds is 4. The number of nitriles is 1. The van der Waals surface area contributed by atoms with Crippen molar-refractivity contribution in [3.05, 3.63) is 78.2 Å². The molecule has 0 unspecified atom stereocenters. The van der Waals surface area contributed by atoms with E-state index in [4.69, 9.17) is 10.7 Å². The van der Waals surface area contributed by atoms with Gasteiger partial charge in [-0.15, -0.1) is 5.10 Å². The topological polar surface area (TPSA) is 131 Å². The van der Waals surface area contributed by atoms with Crippen LogP contribution in [0.5, 0.6) is 0 Å². The van der Waals surface area contributed by atoms with E-state index in [-0.39, 0.29) is 5.95 Å². The molecular weight excluding hydrogens is 402 g/mol. The number of hydrogen-bond donors (Lipinski definition) is 2. The summed E-state index contributed by atoms with van der Waals surface area (Å²) < 4.78 is 1.49. The molecule has 0 spiro atoms. The number of nitrogens with two attached hydrogens (primary N) is 1. The van der Waals surface area contributed by atoms with Crippen LogP contribution in [0.3, 0.4) is 0 Å². The van der Waals surface area contributed by atoms with Crippen LogP contribution in [0.15, 0.2) is 67.1 Å². The van der Waals surface area contributed by atoms with Gasteiger partial charge in [0.25, 0.3) is 0 Å². The number of fused-ring (bicyclic) bond motifs is 1. The van der Waals surface area contributed by atoms with Crippen LogP contribution in [0.1, 0.15) is 11.1 Å². The predicted molar refractivity (Wildman–Crippen MR) is 121 cm³/mol. The third-order valence-corrected chi connectivity index (χ3v) is 5.01. The van der Waals surface area contributed by atoms with Gasteiger partial charge in [-0.1, -0.05) is 24.3 Å². The minimum atomic E-state index is 0.153. The van der Waals surface area contributed by atoms with Crippen LogP contribution in [-0.2, 0) is 0 Å². The molecule has 0 aliphatic carbocycles. The molecule has 5 aromatic rings. The molecule has 0 bridgehead atoms. The fourth-order valence-electron chi connectivity index (χ4n) is 3.55. The van der Waals surface area contributed by atoms with Gasteiger partial charge in [-0.25, -0.2) is 9.97 Å². The largest absolute Gasteiger partial charge is 0.368 e. The van der Waals surface area contributed by atoms with Gasteiger partial charge in [-0.05, 0) is 42.3 Å². The lowest BCUT2D eigenvalue weighted by molar-refractivity contribution is 0.944. The smallest absolute Gasteiger partial charge is 0.248 e. The lowest BCUT2D eigenvalue weighted by Crippen LogP contribution is -2.07. The SMILES string of the molecule is Cc1cnccc1-c1c(-c2ccccc2C#N)nc(N)n2nc(Nc3ccccn3)nc12. The Balaban J connectivity index is 1.81. The van der Waals surface area contributed by atoms with E-state index in [9.17, 15) is 5.26 Å². The van der Waals surface area contributed by atoms with Crippen molar-refractivity contribution < 1.29 is 0 Å². The maximum absolute atomic E-state index is 9.68. The van der Waals surface area contributed by atoms with Crippen LogP contribution < -0.4 is 11.1 Å². The zero-order chi connectivity index (χ0) is 22.1. The molecule has 32 heavy (non-hydrogen) atoms. The van der Waals surface area contributed by atoms with Crippen molar-refractivity contribution in [2.24, 2.45) is 0 Å². The molecule has 0 aliphatic rings. The quantitative estimate of drug-likeness (QED) is 0.450. The number of hydrogen-bond acceptors (Lipinski definition) is 8. The summed E-state index contributed by atoms with van der Waals surface area (Å²) in [5.41, 5.74) is 11.0. The van der Waals surface area contributed by atoms with Crippen LogP contribution >= 0.6 is 0 Å². The summed E-state index contributed by atoms with van der Waals surface area (Å²) >= 11 is 0. The van der Waals surface area contributed by atoms with Crippen molar-refractivity contribution in [1.82, 2.24) is 29.5 Å². The molecule has 0 aliphatic heterocycles. The summed E-state index contributed by atoms with van der Waals surface area (Å²) in [5, 5.41) is 17.3. The molecule has 9 nitrogen and oxygen atoms in total. The molecule has 0 saturated heterocycles. The number of aromatic nitrogens is 6. The number of nitrogen functional groups attached to an aromatic ring is 1. The second-order valence-electron chi connectivity index (χ2n) is 7.05. The molecule has 4 aromatic heterocycles. The Morgan fingerprint density at radius 3 is 2.62 bits per heavy atom. The Morgan fingerprint density at radius 2 is 1.84 bits per heavy atom. The van der Waals surface area contributed by atoms with Gasteiger partial charge in [0.1, 0.15) is 5.82 Å². The van der Waals surface area contributed by atoms with Gasteiger partial charge in [0.05, 0.1) is 22.9 Å². The summed E-state index contributed by atoms with van der Waals surface area (Å²) in [7, 11) is 0. The molecule has 0 radical (unpaired) electrons. The van der Waals surface area contributed by atoms with E-state index in [2.05, 4.69) is 31.4 Å².